The van der Waals surface area contributed by atoms with Crippen molar-refractivity contribution in [2.75, 3.05) is 26.0 Å². The zero-order valence-electron chi connectivity index (χ0n) is 14.4. The number of hydrogen-bond acceptors (Lipinski definition) is 6. The second kappa shape index (κ2) is 6.68. The van der Waals surface area contributed by atoms with Crippen LogP contribution in [-0.4, -0.2) is 66.0 Å². The molecule has 0 saturated carbocycles. The van der Waals surface area contributed by atoms with Crippen LogP contribution >= 0.6 is 0 Å². The van der Waals surface area contributed by atoms with Gasteiger partial charge in [0.15, 0.2) is 0 Å². The number of hydrogen-bond donors (Lipinski definition) is 2. The maximum Gasteiger partial charge on any atom is 0.264 e. The van der Waals surface area contributed by atoms with Gasteiger partial charge in [-0.2, -0.15) is 0 Å². The Morgan fingerprint density at radius 1 is 1.23 bits per heavy atom. The first-order chi connectivity index (χ1) is 12.3. The van der Waals surface area contributed by atoms with Crippen LogP contribution in [0.1, 0.15) is 33.6 Å². The van der Waals surface area contributed by atoms with Crippen LogP contribution in [0.4, 0.5) is 5.69 Å². The molecule has 26 heavy (non-hydrogen) atoms. The zero-order valence-corrected chi connectivity index (χ0v) is 14.4. The summed E-state index contributed by atoms with van der Waals surface area (Å²) in [5.41, 5.74) is 0.416. The molecule has 0 bridgehead atoms. The summed E-state index contributed by atoms with van der Waals surface area (Å²) in [6.07, 6.45) is 0.134. The number of benzene rings is 1. The van der Waals surface area contributed by atoms with Crippen molar-refractivity contribution in [3.05, 3.63) is 29.3 Å². The maximum absolute atomic E-state index is 12.8. The minimum Gasteiger partial charge on any atom is -0.324 e. The molecule has 1 saturated heterocycles. The normalized spacial score (nSPS) is 19.7. The van der Waals surface area contributed by atoms with Crippen molar-refractivity contribution in [3.8, 4) is 0 Å². The molecular formula is C17H18N4O5. The van der Waals surface area contributed by atoms with E-state index in [1.807, 2.05) is 0 Å². The molecule has 1 atom stereocenters. The van der Waals surface area contributed by atoms with Crippen LogP contribution in [0.2, 0.25) is 0 Å². The topological polar surface area (TPSA) is 116 Å². The molecular weight excluding hydrogens is 340 g/mol. The van der Waals surface area contributed by atoms with Gasteiger partial charge in [0.1, 0.15) is 6.04 Å². The SMILES string of the molecule is CN(C)CC(=O)Nc1cccc2c1C(=O)N(C1CCC(=O)NC1=O)C2=O. The molecule has 2 heterocycles. The van der Waals surface area contributed by atoms with E-state index in [9.17, 15) is 24.0 Å². The Labute approximate surface area is 149 Å². The van der Waals surface area contributed by atoms with Gasteiger partial charge in [0.2, 0.25) is 17.7 Å². The second-order valence-corrected chi connectivity index (χ2v) is 6.46. The third-order valence-electron chi connectivity index (χ3n) is 4.20. The molecule has 0 aromatic heterocycles. The third kappa shape index (κ3) is 3.08. The highest BCUT2D eigenvalue weighted by Gasteiger charge is 2.45. The predicted molar refractivity (Wildman–Crippen MR) is 90.3 cm³/mol. The lowest BCUT2D eigenvalue weighted by molar-refractivity contribution is -0.136. The number of anilines is 1. The van der Waals surface area contributed by atoms with Gasteiger partial charge in [-0.15, -0.1) is 0 Å². The fourth-order valence-electron chi connectivity index (χ4n) is 3.10. The van der Waals surface area contributed by atoms with Crippen LogP contribution in [0.3, 0.4) is 0 Å². The average Bonchev–Trinajstić information content (AvgIpc) is 2.79. The molecule has 1 aromatic rings. The summed E-state index contributed by atoms with van der Waals surface area (Å²) < 4.78 is 0. The lowest BCUT2D eigenvalue weighted by Crippen LogP contribution is -2.54. The van der Waals surface area contributed by atoms with E-state index in [0.29, 0.717) is 0 Å². The Morgan fingerprint density at radius 2 is 1.96 bits per heavy atom. The molecule has 0 spiro atoms. The van der Waals surface area contributed by atoms with Gasteiger partial charge >= 0.3 is 0 Å². The van der Waals surface area contributed by atoms with Crippen LogP contribution in [0.5, 0.6) is 0 Å². The highest BCUT2D eigenvalue weighted by Crippen LogP contribution is 2.32. The first-order valence-corrected chi connectivity index (χ1v) is 8.08. The molecule has 9 nitrogen and oxygen atoms in total. The van der Waals surface area contributed by atoms with E-state index in [-0.39, 0.29) is 42.1 Å². The molecule has 5 amide bonds. The van der Waals surface area contributed by atoms with E-state index < -0.39 is 29.7 Å². The highest BCUT2D eigenvalue weighted by molar-refractivity contribution is 6.26. The predicted octanol–water partition coefficient (Wildman–Crippen LogP) is -0.412. The van der Waals surface area contributed by atoms with Gasteiger partial charge < -0.3 is 10.2 Å². The fourth-order valence-corrected chi connectivity index (χ4v) is 3.10. The van der Waals surface area contributed by atoms with Gasteiger partial charge in [0.05, 0.1) is 23.4 Å². The molecule has 9 heteroatoms. The summed E-state index contributed by atoms with van der Waals surface area (Å²) in [4.78, 5) is 63.4. The Balaban J connectivity index is 1.90. The van der Waals surface area contributed by atoms with Crippen molar-refractivity contribution in [1.29, 1.82) is 0 Å². The molecule has 1 fully saturated rings. The smallest absolute Gasteiger partial charge is 0.264 e. The summed E-state index contributed by atoms with van der Waals surface area (Å²) in [6, 6.07) is 3.53. The lowest BCUT2D eigenvalue weighted by atomic mass is 10.0. The van der Waals surface area contributed by atoms with Gasteiger partial charge in [-0.1, -0.05) is 6.07 Å². The van der Waals surface area contributed by atoms with Crippen molar-refractivity contribution in [3.63, 3.8) is 0 Å². The number of rotatable bonds is 4. The first kappa shape index (κ1) is 17.7. The molecule has 1 aromatic carbocycles. The van der Waals surface area contributed by atoms with Crippen molar-refractivity contribution >= 4 is 35.2 Å². The van der Waals surface area contributed by atoms with Gasteiger partial charge in [-0.25, -0.2) is 0 Å². The lowest BCUT2D eigenvalue weighted by Gasteiger charge is -2.27. The van der Waals surface area contributed by atoms with Crippen molar-refractivity contribution in [2.45, 2.75) is 18.9 Å². The number of imide groups is 2. The average molecular weight is 358 g/mol. The molecule has 2 N–H and O–H groups in total. The number of carbonyl (C=O) groups is 5. The van der Waals surface area contributed by atoms with E-state index in [1.165, 1.54) is 12.1 Å². The minimum atomic E-state index is -1.04. The number of amides is 5. The summed E-state index contributed by atoms with van der Waals surface area (Å²) in [5.74, 6) is -2.69. The number of nitrogens with zero attached hydrogens (tertiary/aromatic N) is 2. The Hall–Kier alpha value is -3.07. The number of carbonyl (C=O) groups excluding carboxylic acids is 5. The van der Waals surface area contributed by atoms with Crippen LogP contribution in [0.25, 0.3) is 0 Å². The van der Waals surface area contributed by atoms with Gasteiger partial charge in [0, 0.05) is 6.42 Å². The number of fused-ring (bicyclic) bond motifs is 1. The number of nitrogens with one attached hydrogen (secondary N) is 2. The van der Waals surface area contributed by atoms with E-state index in [0.717, 1.165) is 4.90 Å². The summed E-state index contributed by atoms with van der Waals surface area (Å²) in [7, 11) is 3.46. The summed E-state index contributed by atoms with van der Waals surface area (Å²) in [6.45, 7) is 0.114. The Bertz CT molecular complexity index is 832. The van der Waals surface area contributed by atoms with Crippen molar-refractivity contribution in [2.24, 2.45) is 0 Å². The Kier molecular flexibility index (Phi) is 4.56. The monoisotopic (exact) mass is 358 g/mol. The summed E-state index contributed by atoms with van der Waals surface area (Å²) in [5, 5.41) is 4.77. The quantitative estimate of drug-likeness (QED) is 0.707. The zero-order chi connectivity index (χ0) is 19.0. The largest absolute Gasteiger partial charge is 0.324 e. The van der Waals surface area contributed by atoms with E-state index >= 15 is 0 Å². The summed E-state index contributed by atoms with van der Waals surface area (Å²) >= 11 is 0. The van der Waals surface area contributed by atoms with Crippen LogP contribution in [0.15, 0.2) is 18.2 Å². The number of likely N-dealkylation sites (N-methyl/N-ethyl adjacent to an activating group) is 1. The fraction of sp³-hybridized carbons (Fsp3) is 0.353. The molecule has 0 radical (unpaired) electrons. The molecule has 3 rings (SSSR count). The van der Waals surface area contributed by atoms with Crippen LogP contribution < -0.4 is 10.6 Å². The molecule has 2 aliphatic heterocycles. The van der Waals surface area contributed by atoms with E-state index in [2.05, 4.69) is 10.6 Å². The number of piperidine rings is 1. The van der Waals surface area contributed by atoms with Crippen molar-refractivity contribution in [1.82, 2.24) is 15.1 Å². The van der Waals surface area contributed by atoms with Gasteiger partial charge in [-0.05, 0) is 32.6 Å². The van der Waals surface area contributed by atoms with Gasteiger partial charge in [0.25, 0.3) is 11.8 Å². The maximum atomic E-state index is 12.8. The molecule has 136 valence electrons. The third-order valence-corrected chi connectivity index (χ3v) is 4.20. The first-order valence-electron chi connectivity index (χ1n) is 8.08. The van der Waals surface area contributed by atoms with E-state index in [1.54, 1.807) is 25.1 Å². The minimum absolute atomic E-state index is 0.0518. The molecule has 1 unspecified atom stereocenters. The van der Waals surface area contributed by atoms with E-state index in [4.69, 9.17) is 0 Å². The standard InChI is InChI=1S/C17H18N4O5/c1-20(2)8-13(23)18-10-5-3-4-9-14(10)17(26)21(16(9)25)11-6-7-12(22)19-15(11)24/h3-5,11H,6-8H2,1-2H3,(H,18,23)(H,19,22,24). The van der Waals surface area contributed by atoms with Crippen molar-refractivity contribution < 1.29 is 24.0 Å². The van der Waals surface area contributed by atoms with Gasteiger partial charge in [-0.3, -0.25) is 34.2 Å². The second-order valence-electron chi connectivity index (χ2n) is 6.46. The van der Waals surface area contributed by atoms with Crippen LogP contribution in [-0.2, 0) is 14.4 Å². The van der Waals surface area contributed by atoms with Crippen LogP contribution in [0, 0.1) is 0 Å². The highest BCUT2D eigenvalue weighted by atomic mass is 16.2. The molecule has 2 aliphatic rings. The molecule has 0 aliphatic carbocycles. The Morgan fingerprint density at radius 3 is 2.62 bits per heavy atom.